The number of hydrogen-bond donors (Lipinski definition) is 0. The molecule has 16 heavy (non-hydrogen) atoms. The number of aryl methyl sites for hydroxylation is 1. The molecule has 2 nitrogen and oxygen atoms in total. The first-order chi connectivity index (χ1) is 7.74. The van der Waals surface area contributed by atoms with E-state index in [1.807, 2.05) is 66.6 Å². The van der Waals surface area contributed by atoms with E-state index >= 15 is 0 Å². The van der Waals surface area contributed by atoms with E-state index in [2.05, 4.69) is 4.99 Å². The fraction of sp³-hybridized carbons (Fsp3) is 0.0769. The lowest BCUT2D eigenvalue weighted by atomic mass is 10.3. The number of aliphatic imine (C=N–C) groups is 1. The van der Waals surface area contributed by atoms with Gasteiger partial charge in [0.2, 0.25) is 0 Å². The summed E-state index contributed by atoms with van der Waals surface area (Å²) in [6.45, 7) is 0. The highest BCUT2D eigenvalue weighted by Gasteiger charge is 1.92. The van der Waals surface area contributed by atoms with Gasteiger partial charge in [0, 0.05) is 28.9 Å². The van der Waals surface area contributed by atoms with Crippen molar-refractivity contribution in [1.29, 1.82) is 0 Å². The van der Waals surface area contributed by atoms with E-state index in [0.717, 1.165) is 16.3 Å². The van der Waals surface area contributed by atoms with Crippen molar-refractivity contribution >= 4 is 23.5 Å². The van der Waals surface area contributed by atoms with Crippen LogP contribution in [0.5, 0.6) is 0 Å². The van der Waals surface area contributed by atoms with E-state index in [9.17, 15) is 0 Å². The van der Waals surface area contributed by atoms with Crippen molar-refractivity contribution in [2.45, 2.75) is 0 Å². The third-order valence-electron chi connectivity index (χ3n) is 2.19. The van der Waals surface area contributed by atoms with Crippen LogP contribution in [0, 0.1) is 0 Å². The molecule has 80 valence electrons. The topological polar surface area (TPSA) is 16.2 Å². The van der Waals surface area contributed by atoms with Gasteiger partial charge in [-0.05, 0) is 24.3 Å². The Balaban J connectivity index is 2.15. The molecule has 0 saturated carbocycles. The van der Waals surface area contributed by atoms with Crippen LogP contribution in [-0.2, 0) is 7.05 Å². The molecule has 0 spiro atoms. The number of benzene rings is 1. The molecular weight excluding hydrogens is 220 g/mol. The maximum absolute atomic E-state index is 5.79. The Kier molecular flexibility index (Phi) is 3.32. The molecule has 0 aliphatic rings. The van der Waals surface area contributed by atoms with Gasteiger partial charge in [0.05, 0.1) is 5.69 Å². The van der Waals surface area contributed by atoms with Gasteiger partial charge in [-0.2, -0.15) is 0 Å². The minimum absolute atomic E-state index is 0.727. The fourth-order valence-electron chi connectivity index (χ4n) is 1.27. The molecule has 2 rings (SSSR count). The average Bonchev–Trinajstić information content (AvgIpc) is 2.30. The second-order valence-corrected chi connectivity index (χ2v) is 3.97. The molecule has 2 aromatic rings. The zero-order chi connectivity index (χ0) is 11.4. The van der Waals surface area contributed by atoms with Crippen LogP contribution in [0.3, 0.4) is 0 Å². The van der Waals surface area contributed by atoms with Crippen molar-refractivity contribution < 1.29 is 4.57 Å². The Bertz CT molecular complexity index is 439. The Morgan fingerprint density at radius 1 is 1.06 bits per heavy atom. The van der Waals surface area contributed by atoms with Crippen LogP contribution in [0.4, 0.5) is 5.69 Å². The Morgan fingerprint density at radius 3 is 2.31 bits per heavy atom. The number of rotatable bonds is 2. The molecule has 0 N–H and O–H groups in total. The summed E-state index contributed by atoms with van der Waals surface area (Å²) in [6, 6.07) is 11.5. The zero-order valence-corrected chi connectivity index (χ0v) is 9.72. The fourth-order valence-corrected chi connectivity index (χ4v) is 1.40. The summed E-state index contributed by atoms with van der Waals surface area (Å²) in [5.41, 5.74) is 1.98. The Morgan fingerprint density at radius 2 is 1.69 bits per heavy atom. The molecule has 0 aliphatic heterocycles. The summed E-state index contributed by atoms with van der Waals surface area (Å²) in [5, 5.41) is 0.727. The van der Waals surface area contributed by atoms with Gasteiger partial charge in [0.1, 0.15) is 7.05 Å². The van der Waals surface area contributed by atoms with Gasteiger partial charge in [-0.15, -0.1) is 0 Å². The first-order valence-electron chi connectivity index (χ1n) is 4.99. The van der Waals surface area contributed by atoms with Gasteiger partial charge in [-0.1, -0.05) is 11.6 Å². The van der Waals surface area contributed by atoms with E-state index in [1.54, 1.807) is 0 Å². The van der Waals surface area contributed by atoms with Crippen LogP contribution in [0.1, 0.15) is 5.56 Å². The molecule has 3 heteroatoms. The smallest absolute Gasteiger partial charge is 0.169 e. The Hall–Kier alpha value is -1.67. The highest BCUT2D eigenvalue weighted by molar-refractivity contribution is 6.30. The number of hydrogen-bond acceptors (Lipinski definition) is 1. The molecule has 1 aromatic carbocycles. The number of halogens is 1. The summed E-state index contributed by atoms with van der Waals surface area (Å²) in [6.07, 6.45) is 5.82. The van der Waals surface area contributed by atoms with Crippen molar-refractivity contribution in [2.24, 2.45) is 12.0 Å². The van der Waals surface area contributed by atoms with E-state index in [-0.39, 0.29) is 0 Å². The maximum Gasteiger partial charge on any atom is 0.169 e. The third kappa shape index (κ3) is 2.91. The van der Waals surface area contributed by atoms with Gasteiger partial charge in [-0.25, -0.2) is 4.57 Å². The first-order valence-corrected chi connectivity index (χ1v) is 5.37. The lowest BCUT2D eigenvalue weighted by Gasteiger charge is -1.93. The number of aromatic nitrogens is 1. The summed E-state index contributed by atoms with van der Waals surface area (Å²) >= 11 is 5.79. The minimum atomic E-state index is 0.727. The van der Waals surface area contributed by atoms with Crippen molar-refractivity contribution in [2.75, 3.05) is 0 Å². The number of pyridine rings is 1. The monoisotopic (exact) mass is 231 g/mol. The van der Waals surface area contributed by atoms with E-state index in [0.29, 0.717) is 0 Å². The normalized spacial score (nSPS) is 10.9. The van der Waals surface area contributed by atoms with Gasteiger partial charge < -0.3 is 0 Å². The minimum Gasteiger partial charge on any atom is -0.256 e. The van der Waals surface area contributed by atoms with Crippen LogP contribution in [0.2, 0.25) is 5.02 Å². The first kappa shape index (κ1) is 10.8. The van der Waals surface area contributed by atoms with Crippen LogP contribution >= 0.6 is 11.6 Å². The maximum atomic E-state index is 5.79. The predicted molar refractivity (Wildman–Crippen MR) is 66.3 cm³/mol. The molecule has 1 heterocycles. The van der Waals surface area contributed by atoms with E-state index in [1.165, 1.54) is 0 Å². The largest absolute Gasteiger partial charge is 0.256 e. The lowest BCUT2D eigenvalue weighted by molar-refractivity contribution is -0.671. The standard InChI is InChI=1S/C13H12ClN2/c1-16-8-6-11(7-9-16)10-15-13-4-2-12(14)3-5-13/h2-10H,1H3/q+1. The summed E-state index contributed by atoms with van der Waals surface area (Å²) in [5.74, 6) is 0. The second kappa shape index (κ2) is 4.90. The molecule has 1 aromatic heterocycles. The molecule has 0 unspecified atom stereocenters. The molecule has 0 saturated heterocycles. The molecular formula is C13H12ClN2+. The lowest BCUT2D eigenvalue weighted by Crippen LogP contribution is -2.25. The van der Waals surface area contributed by atoms with E-state index < -0.39 is 0 Å². The molecule has 0 amide bonds. The third-order valence-corrected chi connectivity index (χ3v) is 2.45. The molecule has 0 fully saturated rings. The second-order valence-electron chi connectivity index (χ2n) is 3.53. The van der Waals surface area contributed by atoms with Crippen LogP contribution in [0.25, 0.3) is 0 Å². The number of nitrogens with zero attached hydrogens (tertiary/aromatic N) is 2. The van der Waals surface area contributed by atoms with Crippen LogP contribution in [-0.4, -0.2) is 6.21 Å². The van der Waals surface area contributed by atoms with Gasteiger partial charge in [0.25, 0.3) is 0 Å². The van der Waals surface area contributed by atoms with Crippen molar-refractivity contribution in [3.63, 3.8) is 0 Å². The van der Waals surface area contributed by atoms with Gasteiger partial charge in [-0.3, -0.25) is 4.99 Å². The molecule has 0 bridgehead atoms. The highest BCUT2D eigenvalue weighted by Crippen LogP contribution is 2.15. The molecule has 0 radical (unpaired) electrons. The predicted octanol–water partition coefficient (Wildman–Crippen LogP) is 2.92. The van der Waals surface area contributed by atoms with Crippen molar-refractivity contribution in [3.8, 4) is 0 Å². The van der Waals surface area contributed by atoms with Gasteiger partial charge in [0.15, 0.2) is 12.4 Å². The summed E-state index contributed by atoms with van der Waals surface area (Å²) in [4.78, 5) is 4.35. The molecule has 0 atom stereocenters. The molecule has 0 aliphatic carbocycles. The zero-order valence-electron chi connectivity index (χ0n) is 8.97. The van der Waals surface area contributed by atoms with Crippen LogP contribution < -0.4 is 4.57 Å². The average molecular weight is 232 g/mol. The quantitative estimate of drug-likeness (QED) is 0.558. The Labute approximate surface area is 99.8 Å². The van der Waals surface area contributed by atoms with Gasteiger partial charge >= 0.3 is 0 Å². The van der Waals surface area contributed by atoms with Crippen molar-refractivity contribution in [1.82, 2.24) is 0 Å². The SMILES string of the molecule is C[n+]1ccc(C=Nc2ccc(Cl)cc2)cc1. The van der Waals surface area contributed by atoms with Crippen molar-refractivity contribution in [3.05, 3.63) is 59.4 Å². The summed E-state index contributed by atoms with van der Waals surface area (Å²) < 4.78 is 1.99. The van der Waals surface area contributed by atoms with Crippen LogP contribution in [0.15, 0.2) is 53.8 Å². The summed E-state index contributed by atoms with van der Waals surface area (Å²) in [7, 11) is 1.99. The van der Waals surface area contributed by atoms with E-state index in [4.69, 9.17) is 11.6 Å². The highest BCUT2D eigenvalue weighted by atomic mass is 35.5.